The average molecular weight is 328 g/mol. The SMILES string of the molecule is COCC(CCCNC(=O)OC(C)(C)C)NCc1ccsc1. The topological polar surface area (TPSA) is 59.6 Å². The number of nitrogens with one attached hydrogen (secondary N) is 2. The minimum absolute atomic E-state index is 0.283. The fraction of sp³-hybridized carbons (Fsp3) is 0.688. The molecule has 0 aliphatic heterocycles. The van der Waals surface area contributed by atoms with Crippen LogP contribution in [0.25, 0.3) is 0 Å². The number of thiophene rings is 1. The summed E-state index contributed by atoms with van der Waals surface area (Å²) >= 11 is 1.70. The summed E-state index contributed by atoms with van der Waals surface area (Å²) in [4.78, 5) is 11.5. The first-order chi connectivity index (χ1) is 10.4. The number of amides is 1. The highest BCUT2D eigenvalue weighted by molar-refractivity contribution is 7.07. The third-order valence-corrected chi connectivity index (χ3v) is 3.67. The largest absolute Gasteiger partial charge is 0.444 e. The highest BCUT2D eigenvalue weighted by Gasteiger charge is 2.15. The van der Waals surface area contributed by atoms with Crippen LogP contribution in [0, 0.1) is 0 Å². The zero-order valence-electron chi connectivity index (χ0n) is 14.0. The maximum atomic E-state index is 11.5. The fourth-order valence-electron chi connectivity index (χ4n) is 1.95. The Hall–Kier alpha value is -1.11. The molecule has 0 saturated carbocycles. The van der Waals surface area contributed by atoms with E-state index in [0.717, 1.165) is 19.4 Å². The van der Waals surface area contributed by atoms with E-state index in [1.165, 1.54) is 5.56 Å². The van der Waals surface area contributed by atoms with E-state index in [-0.39, 0.29) is 12.1 Å². The summed E-state index contributed by atoms with van der Waals surface area (Å²) in [6.07, 6.45) is 1.46. The number of hydrogen-bond donors (Lipinski definition) is 2. The molecule has 1 aromatic heterocycles. The summed E-state index contributed by atoms with van der Waals surface area (Å²) in [7, 11) is 1.71. The number of methoxy groups -OCH3 is 1. The van der Waals surface area contributed by atoms with Gasteiger partial charge >= 0.3 is 6.09 Å². The van der Waals surface area contributed by atoms with Gasteiger partial charge in [0.2, 0.25) is 0 Å². The van der Waals surface area contributed by atoms with E-state index in [0.29, 0.717) is 13.2 Å². The van der Waals surface area contributed by atoms with E-state index in [1.54, 1.807) is 18.4 Å². The minimum atomic E-state index is -0.454. The van der Waals surface area contributed by atoms with Gasteiger partial charge in [-0.25, -0.2) is 4.79 Å². The quantitative estimate of drug-likeness (QED) is 0.684. The highest BCUT2D eigenvalue weighted by atomic mass is 32.1. The van der Waals surface area contributed by atoms with E-state index in [9.17, 15) is 4.79 Å². The summed E-state index contributed by atoms with van der Waals surface area (Å²) in [5.41, 5.74) is 0.836. The van der Waals surface area contributed by atoms with Crippen molar-refractivity contribution in [2.45, 2.75) is 51.8 Å². The molecule has 5 nitrogen and oxygen atoms in total. The Balaban J connectivity index is 2.19. The van der Waals surface area contributed by atoms with Crippen LogP contribution in [-0.4, -0.2) is 38.0 Å². The van der Waals surface area contributed by atoms with Crippen LogP contribution in [0.4, 0.5) is 4.79 Å². The fourth-order valence-corrected chi connectivity index (χ4v) is 2.62. The van der Waals surface area contributed by atoms with Crippen molar-refractivity contribution in [3.8, 4) is 0 Å². The molecular weight excluding hydrogens is 300 g/mol. The van der Waals surface area contributed by atoms with Crippen molar-refractivity contribution >= 4 is 17.4 Å². The van der Waals surface area contributed by atoms with Crippen molar-refractivity contribution in [3.63, 3.8) is 0 Å². The van der Waals surface area contributed by atoms with Crippen molar-refractivity contribution in [1.29, 1.82) is 0 Å². The molecule has 0 fully saturated rings. The Morgan fingerprint density at radius 3 is 2.77 bits per heavy atom. The Bertz CT molecular complexity index is 416. The molecule has 1 amide bonds. The summed E-state index contributed by atoms with van der Waals surface area (Å²) in [5.74, 6) is 0. The summed E-state index contributed by atoms with van der Waals surface area (Å²) in [6, 6.07) is 2.40. The molecule has 22 heavy (non-hydrogen) atoms. The Morgan fingerprint density at radius 1 is 1.41 bits per heavy atom. The van der Waals surface area contributed by atoms with Crippen LogP contribution in [-0.2, 0) is 16.0 Å². The van der Waals surface area contributed by atoms with Crippen LogP contribution in [0.2, 0.25) is 0 Å². The first-order valence-electron chi connectivity index (χ1n) is 7.61. The number of ether oxygens (including phenoxy) is 2. The minimum Gasteiger partial charge on any atom is -0.444 e. The van der Waals surface area contributed by atoms with Gasteiger partial charge in [0.15, 0.2) is 0 Å². The standard InChI is InChI=1S/C16H28N2O3S/c1-16(2,3)21-15(19)17-8-5-6-14(11-20-4)18-10-13-7-9-22-12-13/h7,9,12,14,18H,5-6,8,10-11H2,1-4H3,(H,17,19). The lowest BCUT2D eigenvalue weighted by molar-refractivity contribution is 0.0526. The molecular formula is C16H28N2O3S. The van der Waals surface area contributed by atoms with Crippen LogP contribution in [0.1, 0.15) is 39.2 Å². The molecule has 1 rings (SSSR count). The molecule has 0 saturated heterocycles. The lowest BCUT2D eigenvalue weighted by atomic mass is 10.1. The zero-order chi connectivity index (χ0) is 16.4. The maximum Gasteiger partial charge on any atom is 0.407 e. The van der Waals surface area contributed by atoms with Gasteiger partial charge in [-0.2, -0.15) is 11.3 Å². The monoisotopic (exact) mass is 328 g/mol. The molecule has 0 aliphatic rings. The molecule has 2 N–H and O–H groups in total. The molecule has 0 aromatic carbocycles. The lowest BCUT2D eigenvalue weighted by Gasteiger charge is -2.20. The number of alkyl carbamates (subject to hydrolysis) is 1. The summed E-state index contributed by atoms with van der Waals surface area (Å²) in [5, 5.41) is 10.5. The predicted octanol–water partition coefficient (Wildman–Crippen LogP) is 3.16. The van der Waals surface area contributed by atoms with Gasteiger partial charge < -0.3 is 20.1 Å². The maximum absolute atomic E-state index is 11.5. The second-order valence-electron chi connectivity index (χ2n) is 6.24. The van der Waals surface area contributed by atoms with Gasteiger partial charge in [0.05, 0.1) is 6.61 Å². The summed E-state index contributed by atoms with van der Waals surface area (Å²) < 4.78 is 10.4. The van der Waals surface area contributed by atoms with Gasteiger partial charge in [0, 0.05) is 26.2 Å². The average Bonchev–Trinajstić information content (AvgIpc) is 2.92. The van der Waals surface area contributed by atoms with Crippen LogP contribution < -0.4 is 10.6 Å². The van der Waals surface area contributed by atoms with Gasteiger partial charge in [-0.3, -0.25) is 0 Å². The van der Waals surface area contributed by atoms with E-state index < -0.39 is 5.60 Å². The van der Waals surface area contributed by atoms with Crippen molar-refractivity contribution in [1.82, 2.24) is 10.6 Å². The normalized spacial score (nSPS) is 12.9. The van der Waals surface area contributed by atoms with Gasteiger partial charge in [-0.05, 0) is 56.0 Å². The smallest absolute Gasteiger partial charge is 0.407 e. The lowest BCUT2D eigenvalue weighted by Crippen LogP contribution is -2.35. The second-order valence-corrected chi connectivity index (χ2v) is 7.02. The molecule has 1 atom stereocenters. The zero-order valence-corrected chi connectivity index (χ0v) is 14.8. The molecule has 6 heteroatoms. The van der Waals surface area contributed by atoms with Crippen LogP contribution >= 0.6 is 11.3 Å². The van der Waals surface area contributed by atoms with E-state index >= 15 is 0 Å². The molecule has 126 valence electrons. The van der Waals surface area contributed by atoms with E-state index in [2.05, 4.69) is 27.5 Å². The van der Waals surface area contributed by atoms with Gasteiger partial charge in [0.25, 0.3) is 0 Å². The molecule has 0 aliphatic carbocycles. The third kappa shape index (κ3) is 9.02. The van der Waals surface area contributed by atoms with Crippen molar-refractivity contribution in [2.75, 3.05) is 20.3 Å². The van der Waals surface area contributed by atoms with Crippen molar-refractivity contribution in [3.05, 3.63) is 22.4 Å². The molecule has 0 radical (unpaired) electrons. The van der Waals surface area contributed by atoms with Crippen molar-refractivity contribution < 1.29 is 14.3 Å². The van der Waals surface area contributed by atoms with Crippen LogP contribution in [0.3, 0.4) is 0 Å². The predicted molar refractivity (Wildman–Crippen MR) is 90.3 cm³/mol. The number of hydrogen-bond acceptors (Lipinski definition) is 5. The van der Waals surface area contributed by atoms with Gasteiger partial charge in [-0.1, -0.05) is 0 Å². The Labute approximate surface area is 137 Å². The Kier molecular flexibility index (Phi) is 8.45. The van der Waals surface area contributed by atoms with E-state index in [4.69, 9.17) is 9.47 Å². The number of carbonyl (C=O) groups is 1. The number of carbonyl (C=O) groups excluding carboxylic acids is 1. The molecule has 0 bridgehead atoms. The van der Waals surface area contributed by atoms with Crippen molar-refractivity contribution in [2.24, 2.45) is 0 Å². The molecule has 1 aromatic rings. The molecule has 1 heterocycles. The molecule has 0 spiro atoms. The number of rotatable bonds is 9. The summed E-state index contributed by atoms with van der Waals surface area (Å²) in [6.45, 7) is 7.68. The van der Waals surface area contributed by atoms with Crippen LogP contribution in [0.5, 0.6) is 0 Å². The third-order valence-electron chi connectivity index (χ3n) is 2.94. The van der Waals surface area contributed by atoms with Crippen LogP contribution in [0.15, 0.2) is 16.8 Å². The van der Waals surface area contributed by atoms with Gasteiger partial charge in [0.1, 0.15) is 5.60 Å². The first-order valence-corrected chi connectivity index (χ1v) is 8.55. The van der Waals surface area contributed by atoms with Gasteiger partial charge in [-0.15, -0.1) is 0 Å². The van der Waals surface area contributed by atoms with E-state index in [1.807, 2.05) is 20.8 Å². The first kappa shape index (κ1) is 18.9. The Morgan fingerprint density at radius 2 is 2.18 bits per heavy atom. The molecule has 1 unspecified atom stereocenters. The second kappa shape index (κ2) is 9.82. The highest BCUT2D eigenvalue weighted by Crippen LogP contribution is 2.08.